The lowest BCUT2D eigenvalue weighted by Crippen LogP contribution is -2.16. The van der Waals surface area contributed by atoms with Crippen LogP contribution in [0.25, 0.3) is 0 Å². The lowest BCUT2D eigenvalue weighted by atomic mass is 10.1. The molecular formula is C13H8BrFN2O4. The van der Waals surface area contributed by atoms with Crippen molar-refractivity contribution in [2.75, 3.05) is 0 Å². The van der Waals surface area contributed by atoms with Gasteiger partial charge in [-0.2, -0.15) is 0 Å². The Morgan fingerprint density at radius 3 is 2.48 bits per heavy atom. The van der Waals surface area contributed by atoms with Gasteiger partial charge in [-0.05, 0) is 40.2 Å². The summed E-state index contributed by atoms with van der Waals surface area (Å²) in [6, 6.07) is 4.95. The van der Waals surface area contributed by atoms with Crippen molar-refractivity contribution in [1.82, 2.24) is 4.57 Å². The highest BCUT2D eigenvalue weighted by Gasteiger charge is 2.17. The molecule has 0 saturated carbocycles. The van der Waals surface area contributed by atoms with Gasteiger partial charge in [0.05, 0.1) is 22.1 Å². The first-order valence-corrected chi connectivity index (χ1v) is 6.50. The summed E-state index contributed by atoms with van der Waals surface area (Å²) in [6.07, 6.45) is 2.28. The summed E-state index contributed by atoms with van der Waals surface area (Å²) < 4.78 is 14.0. The van der Waals surface area contributed by atoms with Gasteiger partial charge in [0.1, 0.15) is 5.82 Å². The summed E-state index contributed by atoms with van der Waals surface area (Å²) >= 11 is 2.92. The van der Waals surface area contributed by atoms with Crippen LogP contribution in [0.5, 0.6) is 0 Å². The summed E-state index contributed by atoms with van der Waals surface area (Å²) in [4.78, 5) is 33.5. The van der Waals surface area contributed by atoms with Gasteiger partial charge < -0.3 is 4.57 Å². The minimum Gasteiger partial charge on any atom is -0.339 e. The van der Waals surface area contributed by atoms with Gasteiger partial charge in [-0.25, -0.2) is 4.39 Å². The molecule has 0 bridgehead atoms. The first-order valence-electron chi connectivity index (χ1n) is 5.71. The summed E-state index contributed by atoms with van der Waals surface area (Å²) in [5, 5.41) is 10.8. The molecule has 0 unspecified atom stereocenters. The molecule has 1 heterocycles. The molecule has 1 aromatic carbocycles. The van der Waals surface area contributed by atoms with E-state index in [1.807, 2.05) is 0 Å². The quantitative estimate of drug-likeness (QED) is 0.479. The molecule has 0 N–H and O–H groups in total. The summed E-state index contributed by atoms with van der Waals surface area (Å²) in [5.74, 6) is -0.826. The van der Waals surface area contributed by atoms with Crippen molar-refractivity contribution in [1.29, 1.82) is 0 Å². The van der Waals surface area contributed by atoms with E-state index in [0.717, 1.165) is 18.3 Å². The van der Waals surface area contributed by atoms with Gasteiger partial charge in [-0.3, -0.25) is 19.7 Å². The van der Waals surface area contributed by atoms with Crippen LogP contribution >= 0.6 is 15.9 Å². The molecule has 6 nitrogen and oxygen atoms in total. The van der Waals surface area contributed by atoms with Crippen LogP contribution in [0.1, 0.15) is 10.4 Å². The van der Waals surface area contributed by atoms with E-state index in [1.165, 1.54) is 22.9 Å². The zero-order chi connectivity index (χ0) is 15.6. The lowest BCUT2D eigenvalue weighted by molar-refractivity contribution is -0.386. The van der Waals surface area contributed by atoms with E-state index >= 15 is 0 Å². The largest absolute Gasteiger partial charge is 0.339 e. The van der Waals surface area contributed by atoms with E-state index < -0.39 is 21.9 Å². The number of hydrogen-bond donors (Lipinski definition) is 0. The number of aromatic nitrogens is 1. The van der Waals surface area contributed by atoms with Gasteiger partial charge in [-0.15, -0.1) is 0 Å². The second-order valence-corrected chi connectivity index (χ2v) is 5.03. The molecule has 0 fully saturated rings. The van der Waals surface area contributed by atoms with Crippen LogP contribution in [0.2, 0.25) is 0 Å². The standard InChI is InChI=1S/C13H8BrFN2O4/c14-10-5-16(6-11(13(10)19)17(20)21)7-12(18)8-1-3-9(15)4-2-8/h1-6H,7H2. The minimum absolute atomic E-state index is 0.0105. The third kappa shape index (κ3) is 3.40. The molecule has 0 saturated heterocycles. The fourth-order valence-corrected chi connectivity index (χ4v) is 2.16. The number of rotatable bonds is 4. The molecule has 2 aromatic rings. The molecule has 21 heavy (non-hydrogen) atoms. The zero-order valence-electron chi connectivity index (χ0n) is 10.5. The number of carbonyl (C=O) groups is 1. The molecule has 0 amide bonds. The van der Waals surface area contributed by atoms with Gasteiger partial charge in [0.15, 0.2) is 5.78 Å². The van der Waals surface area contributed by atoms with Crippen LogP contribution in [-0.2, 0) is 6.54 Å². The second kappa shape index (κ2) is 5.96. The Kier molecular flexibility index (Phi) is 4.27. The Balaban J connectivity index is 2.31. The second-order valence-electron chi connectivity index (χ2n) is 4.18. The maximum atomic E-state index is 12.8. The van der Waals surface area contributed by atoms with Gasteiger partial charge in [0.2, 0.25) is 0 Å². The number of carbonyl (C=O) groups excluding carboxylic acids is 1. The highest BCUT2D eigenvalue weighted by molar-refractivity contribution is 9.10. The third-order valence-electron chi connectivity index (χ3n) is 2.71. The van der Waals surface area contributed by atoms with Crippen molar-refractivity contribution < 1.29 is 14.1 Å². The average molecular weight is 355 g/mol. The van der Waals surface area contributed by atoms with Crippen molar-refractivity contribution in [3.05, 3.63) is 72.9 Å². The summed E-state index contributed by atoms with van der Waals surface area (Å²) in [6.45, 7) is -0.203. The number of ketones is 1. The molecule has 0 aliphatic carbocycles. The first-order chi connectivity index (χ1) is 9.88. The Morgan fingerprint density at radius 1 is 1.29 bits per heavy atom. The van der Waals surface area contributed by atoms with Gasteiger partial charge in [-0.1, -0.05) is 0 Å². The van der Waals surface area contributed by atoms with Crippen molar-refractivity contribution in [2.45, 2.75) is 6.54 Å². The maximum absolute atomic E-state index is 12.8. The van der Waals surface area contributed by atoms with Crippen LogP contribution < -0.4 is 5.43 Å². The number of pyridine rings is 1. The Hall–Kier alpha value is -2.35. The monoisotopic (exact) mass is 354 g/mol. The third-order valence-corrected chi connectivity index (χ3v) is 3.27. The summed E-state index contributed by atoms with van der Waals surface area (Å²) in [5.41, 5.74) is -1.12. The molecule has 108 valence electrons. The van der Waals surface area contributed by atoms with Crippen LogP contribution in [0.3, 0.4) is 0 Å². The molecule has 0 spiro atoms. The Labute approximate surface area is 126 Å². The van der Waals surface area contributed by atoms with E-state index in [4.69, 9.17) is 0 Å². The highest BCUT2D eigenvalue weighted by atomic mass is 79.9. The Morgan fingerprint density at radius 2 is 1.90 bits per heavy atom. The Bertz CT molecular complexity index is 771. The SMILES string of the molecule is O=C(Cn1cc(Br)c(=O)c([N+](=O)[O-])c1)c1ccc(F)cc1. The predicted octanol–water partition coefficient (Wildman–Crippen LogP) is 2.54. The van der Waals surface area contributed by atoms with E-state index in [9.17, 15) is 24.1 Å². The molecular weight excluding hydrogens is 347 g/mol. The average Bonchev–Trinajstić information content (AvgIpc) is 2.43. The van der Waals surface area contributed by atoms with Crippen LogP contribution in [0, 0.1) is 15.9 Å². The minimum atomic E-state index is -0.814. The number of Topliss-reactive ketones (excluding diaryl/α,β-unsaturated/α-hetero) is 1. The number of benzene rings is 1. The van der Waals surface area contributed by atoms with Crippen LogP contribution in [-0.4, -0.2) is 15.3 Å². The van der Waals surface area contributed by atoms with Crippen LogP contribution in [0.4, 0.5) is 10.1 Å². The van der Waals surface area contributed by atoms with E-state index in [0.29, 0.717) is 0 Å². The smallest absolute Gasteiger partial charge is 0.333 e. The van der Waals surface area contributed by atoms with E-state index in [-0.39, 0.29) is 22.4 Å². The first kappa shape index (κ1) is 15.0. The number of nitrogens with zero attached hydrogens (tertiary/aromatic N) is 2. The van der Waals surface area contributed by atoms with Gasteiger partial charge in [0.25, 0.3) is 5.43 Å². The fraction of sp³-hybridized carbons (Fsp3) is 0.0769. The molecule has 0 atom stereocenters. The van der Waals surface area contributed by atoms with Crippen molar-refractivity contribution in [3.63, 3.8) is 0 Å². The maximum Gasteiger partial charge on any atom is 0.333 e. The van der Waals surface area contributed by atoms with Crippen molar-refractivity contribution in [2.24, 2.45) is 0 Å². The topological polar surface area (TPSA) is 82.2 Å². The molecule has 0 aliphatic rings. The van der Waals surface area contributed by atoms with E-state index in [2.05, 4.69) is 15.9 Å². The highest BCUT2D eigenvalue weighted by Crippen LogP contribution is 2.12. The van der Waals surface area contributed by atoms with Crippen molar-refractivity contribution in [3.8, 4) is 0 Å². The number of halogens is 2. The zero-order valence-corrected chi connectivity index (χ0v) is 12.0. The van der Waals surface area contributed by atoms with E-state index in [1.54, 1.807) is 0 Å². The fourth-order valence-electron chi connectivity index (χ4n) is 1.69. The molecule has 0 aliphatic heterocycles. The van der Waals surface area contributed by atoms with Gasteiger partial charge in [0, 0.05) is 11.8 Å². The predicted molar refractivity (Wildman–Crippen MR) is 75.8 cm³/mol. The molecule has 1 aromatic heterocycles. The molecule has 0 radical (unpaired) electrons. The van der Waals surface area contributed by atoms with Crippen molar-refractivity contribution >= 4 is 27.4 Å². The number of hydrogen-bond acceptors (Lipinski definition) is 4. The summed E-state index contributed by atoms with van der Waals surface area (Å²) in [7, 11) is 0. The number of nitro groups is 1. The molecule has 8 heteroatoms. The molecule has 2 rings (SSSR count). The van der Waals surface area contributed by atoms with Crippen LogP contribution in [0.15, 0.2) is 45.9 Å². The lowest BCUT2D eigenvalue weighted by Gasteiger charge is -2.06. The van der Waals surface area contributed by atoms with Gasteiger partial charge >= 0.3 is 5.69 Å². The normalized spacial score (nSPS) is 10.4.